The van der Waals surface area contributed by atoms with Gasteiger partial charge in [0.05, 0.1) is 6.66 Å². The van der Waals surface area contributed by atoms with Crippen LogP contribution < -0.4 is 30.1 Å². The third-order valence-electron chi connectivity index (χ3n) is 4.84. The molecular weight excluding hydrogens is 625 g/mol. The maximum atomic E-state index is 11.3. The van der Waals surface area contributed by atoms with E-state index in [4.69, 9.17) is 54.6 Å². The van der Waals surface area contributed by atoms with Gasteiger partial charge in [0.2, 0.25) is 0 Å². The van der Waals surface area contributed by atoms with E-state index in [1.54, 1.807) is 36.4 Å². The molecule has 12 heteroatoms. The van der Waals surface area contributed by atoms with Crippen molar-refractivity contribution >= 4 is 81.5 Å². The quantitative estimate of drug-likeness (QED) is 0.138. The number of hydrogen-bond acceptors (Lipinski definition) is 6. The first-order chi connectivity index (χ1) is 17.2. The van der Waals surface area contributed by atoms with Crippen molar-refractivity contribution < 1.29 is 37.8 Å². The predicted molar refractivity (Wildman–Crippen MR) is 148 cm³/mol. The summed E-state index contributed by atoms with van der Waals surface area (Å²) >= 11 is 0. The number of hydrogen-bond donors (Lipinski definition) is 0. The van der Waals surface area contributed by atoms with Gasteiger partial charge in [-0.05, 0) is 72.8 Å². The summed E-state index contributed by atoms with van der Waals surface area (Å²) in [5.74, 6) is 0.293. The van der Waals surface area contributed by atoms with Gasteiger partial charge in [-0.15, -0.1) is 0 Å². The Balaban J connectivity index is 0.000000877. The fourth-order valence-corrected chi connectivity index (χ4v) is 6.51. The van der Waals surface area contributed by atoms with Crippen LogP contribution in [0.2, 0.25) is 0 Å². The summed E-state index contributed by atoms with van der Waals surface area (Å²) in [4.78, 5) is 33.8. The second kappa shape index (κ2) is 13.8. The Morgan fingerprint density at radius 2 is 0.730 bits per heavy atom. The fraction of sp³-hybridized carbons (Fsp3) is 0.160. The molecule has 0 saturated carbocycles. The van der Waals surface area contributed by atoms with Gasteiger partial charge in [-0.3, -0.25) is 14.4 Å². The van der Waals surface area contributed by atoms with Gasteiger partial charge in [-0.2, -0.15) is 0 Å². The number of carbonyl (C=O) groups excluding carboxylic acids is 3. The van der Waals surface area contributed by atoms with Gasteiger partial charge in [0.15, 0.2) is 0 Å². The molecule has 3 rings (SSSR count). The third kappa shape index (κ3) is 10.5. The van der Waals surface area contributed by atoms with Crippen molar-refractivity contribution in [2.24, 2.45) is 0 Å². The summed E-state index contributed by atoms with van der Waals surface area (Å²) in [5.41, 5.74) is 0. The molecular formula is C25H24Cl4FeO6P. The van der Waals surface area contributed by atoms with E-state index in [0.717, 1.165) is 15.9 Å². The number of benzene rings is 3. The van der Waals surface area contributed by atoms with E-state index in [1.165, 1.54) is 20.8 Å². The molecule has 0 radical (unpaired) electrons. The van der Waals surface area contributed by atoms with Gasteiger partial charge >= 0.3 is 67.5 Å². The molecule has 0 spiro atoms. The second-order valence-electron chi connectivity index (χ2n) is 7.57. The molecule has 0 unspecified atom stereocenters. The number of esters is 3. The van der Waals surface area contributed by atoms with Crippen LogP contribution in [0.1, 0.15) is 20.8 Å². The normalized spacial score (nSPS) is 11.5. The summed E-state index contributed by atoms with van der Waals surface area (Å²) in [7, 11) is 15.1. The minimum absolute atomic E-state index is 0.377. The van der Waals surface area contributed by atoms with Crippen LogP contribution >= 0.6 is 47.7 Å². The third-order valence-corrected chi connectivity index (χ3v) is 8.84. The Hall–Kier alpha value is -1.82. The SMILES string of the molecule is CC(=O)Oc1ccc([P+](C)(c2ccc(OC(C)=O)cc2)c2ccc(OC(C)=O)cc2)cc1.[Cl][Fe-]([Cl])([Cl])[Cl]. The van der Waals surface area contributed by atoms with E-state index in [2.05, 4.69) is 6.66 Å². The van der Waals surface area contributed by atoms with E-state index in [-0.39, 0.29) is 17.9 Å². The monoisotopic (exact) mass is 647 g/mol. The summed E-state index contributed by atoms with van der Waals surface area (Å²) in [6, 6.07) is 22.3. The van der Waals surface area contributed by atoms with Crippen LogP contribution in [0.5, 0.6) is 17.2 Å². The van der Waals surface area contributed by atoms with Crippen molar-refractivity contribution in [2.75, 3.05) is 6.66 Å². The Morgan fingerprint density at radius 3 is 0.892 bits per heavy atom. The summed E-state index contributed by atoms with van der Waals surface area (Å²) in [6.45, 7) is 6.26. The zero-order valence-corrected chi connectivity index (χ0v) is 25.2. The maximum absolute atomic E-state index is 11.3. The summed E-state index contributed by atoms with van der Waals surface area (Å²) in [6.07, 6.45) is 0. The molecule has 0 N–H and O–H groups in total. The molecule has 0 aliphatic heterocycles. The predicted octanol–water partition coefficient (Wildman–Crippen LogP) is 6.14. The summed E-state index contributed by atoms with van der Waals surface area (Å²) in [5, 5.41) is 3.19. The Bertz CT molecular complexity index is 1080. The van der Waals surface area contributed by atoms with Crippen LogP contribution in [-0.2, 0) is 23.6 Å². The van der Waals surface area contributed by atoms with Crippen molar-refractivity contribution in [3.05, 3.63) is 72.8 Å². The van der Waals surface area contributed by atoms with Gasteiger partial charge in [0.25, 0.3) is 0 Å². The number of carbonyl (C=O) groups is 3. The molecule has 0 atom stereocenters. The number of rotatable bonds is 6. The zero-order valence-electron chi connectivity index (χ0n) is 20.2. The first-order valence-electron chi connectivity index (χ1n) is 10.5. The van der Waals surface area contributed by atoms with Crippen LogP contribution in [0, 0.1) is 0 Å². The fourth-order valence-electron chi connectivity index (χ4n) is 3.38. The van der Waals surface area contributed by atoms with Gasteiger partial charge in [-0.25, -0.2) is 0 Å². The summed E-state index contributed by atoms with van der Waals surface area (Å²) < 4.78 is 15.5. The van der Waals surface area contributed by atoms with Crippen LogP contribution in [-0.4, -0.2) is 24.6 Å². The Kier molecular flexibility index (Phi) is 11.7. The van der Waals surface area contributed by atoms with E-state index in [1.807, 2.05) is 36.4 Å². The average molecular weight is 649 g/mol. The molecule has 201 valence electrons. The molecule has 0 saturated heterocycles. The van der Waals surface area contributed by atoms with Crippen LogP contribution in [0.4, 0.5) is 0 Å². The van der Waals surface area contributed by atoms with E-state index < -0.39 is 16.5 Å². The van der Waals surface area contributed by atoms with Crippen LogP contribution in [0.15, 0.2) is 72.8 Å². The van der Waals surface area contributed by atoms with Gasteiger partial charge < -0.3 is 14.2 Å². The molecule has 3 aromatic rings. The molecule has 0 fully saturated rings. The van der Waals surface area contributed by atoms with Crippen molar-refractivity contribution in [1.82, 2.24) is 0 Å². The van der Waals surface area contributed by atoms with Crippen molar-refractivity contribution in [3.8, 4) is 17.2 Å². The van der Waals surface area contributed by atoms with E-state index >= 15 is 0 Å². The molecule has 6 nitrogen and oxygen atoms in total. The molecule has 0 bridgehead atoms. The molecule has 3 aromatic carbocycles. The van der Waals surface area contributed by atoms with E-state index in [0.29, 0.717) is 17.2 Å². The van der Waals surface area contributed by atoms with Crippen LogP contribution in [0.3, 0.4) is 0 Å². The molecule has 0 heterocycles. The number of ether oxygens (including phenoxy) is 3. The zero-order chi connectivity index (χ0) is 27.8. The first-order valence-corrected chi connectivity index (χ1v) is 18.8. The van der Waals surface area contributed by atoms with Crippen LogP contribution in [0.25, 0.3) is 0 Å². The average Bonchev–Trinajstić information content (AvgIpc) is 2.78. The van der Waals surface area contributed by atoms with Gasteiger partial charge in [0, 0.05) is 20.8 Å². The second-order valence-corrected chi connectivity index (χ2v) is 22.1. The van der Waals surface area contributed by atoms with Gasteiger partial charge in [-0.1, -0.05) is 0 Å². The Morgan fingerprint density at radius 1 is 0.541 bits per heavy atom. The topological polar surface area (TPSA) is 78.9 Å². The van der Waals surface area contributed by atoms with Crippen molar-refractivity contribution in [1.29, 1.82) is 0 Å². The first kappa shape index (κ1) is 31.4. The molecule has 37 heavy (non-hydrogen) atoms. The van der Waals surface area contributed by atoms with Gasteiger partial charge in [0.1, 0.15) is 40.4 Å². The standard InChI is InChI=1S/C25H24O6P.4ClH.Fe/c1-17(26)29-20-5-11-23(12-6-20)32(4,24-13-7-21(8-14-24)30-18(2)27)25-15-9-22(10-16-25)31-19(3)28;;;;;/h5-16H,1-4H3;4*1H;/q+1;;;;;+3/p-4. The number of halogens is 4. The molecule has 0 aliphatic carbocycles. The molecule has 0 amide bonds. The van der Waals surface area contributed by atoms with E-state index in [9.17, 15) is 14.4 Å². The molecule has 0 aromatic heterocycles. The molecule has 0 aliphatic rings. The Labute approximate surface area is 235 Å². The van der Waals surface area contributed by atoms with Crippen molar-refractivity contribution in [2.45, 2.75) is 20.8 Å². The van der Waals surface area contributed by atoms with Crippen molar-refractivity contribution in [3.63, 3.8) is 0 Å². The minimum atomic E-state index is -2.61.